The van der Waals surface area contributed by atoms with Gasteiger partial charge >= 0.3 is 11.9 Å². The molecular weight excluding hydrogens is 1500 g/mol. The molecule has 30 heteroatoms. The summed E-state index contributed by atoms with van der Waals surface area (Å²) in [6, 6.07) is 24.5. The Balaban J connectivity index is 0.000000182. The Morgan fingerprint density at radius 2 is 0.915 bits per heavy atom. The highest BCUT2D eigenvalue weighted by Crippen LogP contribution is 2.33. The molecule has 0 aliphatic carbocycles. The van der Waals surface area contributed by atoms with E-state index in [-0.39, 0.29) is 103 Å². The van der Waals surface area contributed by atoms with E-state index in [0.29, 0.717) is 97.1 Å². The molecule has 4 unspecified atom stereocenters. The summed E-state index contributed by atoms with van der Waals surface area (Å²) >= 11 is 13.3. The van der Waals surface area contributed by atoms with Crippen LogP contribution in [-0.2, 0) is 79.3 Å². The fourth-order valence-electron chi connectivity index (χ4n) is 10.6. The van der Waals surface area contributed by atoms with Gasteiger partial charge in [-0.3, -0.25) is 74.0 Å². The molecule has 0 radical (unpaired) electrons. The number of benzene rings is 5. The van der Waals surface area contributed by atoms with Gasteiger partial charge in [-0.2, -0.15) is 0 Å². The molecule has 494 valence electrons. The van der Waals surface area contributed by atoms with E-state index >= 15 is 0 Å². The summed E-state index contributed by atoms with van der Waals surface area (Å²) in [4.78, 5) is 157. The molecule has 7 aliphatic heterocycles. The predicted octanol–water partition coefficient (Wildman–Crippen LogP) is 6.96. The topological polar surface area (TPSA) is 355 Å². The van der Waals surface area contributed by atoms with Crippen molar-refractivity contribution in [2.75, 3.05) is 14.2 Å². The van der Waals surface area contributed by atoms with Crippen LogP contribution in [0.3, 0.4) is 0 Å². The van der Waals surface area contributed by atoms with E-state index in [1.165, 1.54) is 24.0 Å². The predicted molar refractivity (Wildman–Crippen MR) is 355 cm³/mol. The first kappa shape index (κ1) is 74.7. The van der Waals surface area contributed by atoms with E-state index in [2.05, 4.69) is 99.3 Å². The highest BCUT2D eigenvalue weighted by Gasteiger charge is 2.42. The van der Waals surface area contributed by atoms with Crippen LogP contribution in [0, 0.1) is 13.5 Å². The number of imide groups is 4. The van der Waals surface area contributed by atoms with Gasteiger partial charge in [0, 0.05) is 87.3 Å². The molecule has 94 heavy (non-hydrogen) atoms. The van der Waals surface area contributed by atoms with Gasteiger partial charge in [-0.25, -0.2) is 14.4 Å². The maximum Gasteiger partial charge on any atom is 0.338 e. The minimum Gasteiger partial charge on any atom is -0.465 e. The molecule has 12 rings (SSSR count). The first-order valence-corrected chi connectivity index (χ1v) is 32.2. The lowest BCUT2D eigenvalue weighted by molar-refractivity contribution is -0.138. The van der Waals surface area contributed by atoms with Crippen LogP contribution >= 0.6 is 76.1 Å². The highest BCUT2D eigenvalue weighted by atomic mass is 79.9. The number of alkyl halides is 1. The zero-order valence-electron chi connectivity index (χ0n) is 50.6. The van der Waals surface area contributed by atoms with Gasteiger partial charge in [0.2, 0.25) is 47.3 Å². The number of amides is 11. The van der Waals surface area contributed by atoms with Gasteiger partial charge in [0.15, 0.2) is 5.69 Å². The van der Waals surface area contributed by atoms with E-state index in [4.69, 9.17) is 18.0 Å². The Kier molecular flexibility index (Phi) is 27.1. The van der Waals surface area contributed by atoms with Gasteiger partial charge in [0.25, 0.3) is 17.7 Å². The Morgan fingerprint density at radius 3 is 1.33 bits per heavy atom. The Bertz CT molecular complexity index is 3920. The smallest absolute Gasteiger partial charge is 0.338 e. The number of nitrogens with zero attached hydrogens (tertiary/aromatic N) is 4. The molecule has 7 heterocycles. The van der Waals surface area contributed by atoms with Gasteiger partial charge < -0.3 is 35.6 Å². The standard InChI is InChI=1S/C14H11N3O3.C14H15N3O3.C13H11BrN2O3.C9H8Br2O2.C9H9BrO2.C5H8N2O2.ClH/c1-15-9-2-3-10-8(6-9)7-17(14(10)20)11-4-5-12(18)16-13(11)19;15-6-8-1-2-10-9(5-8)7-17(14(10)20)11-3-4-12(18)16-13(11)19;14-8-1-2-9-7(5-8)6-16(13(9)19)10-3-4-11(17)15-12(10)18;1-13-9(12)8-3-2-7(11)4-6(8)5-10;1-6-5-7(10)3-4-8(6)9(11)12-2;6-3-1-2-4(8)7-5(3)9;/h2-3,6,11H,4-5,7H2,(H,16,18,19);1-2,5,11H,3-4,6-7,15H2,(H,16,18,19);1-2,5,10H,3-4,6H2,(H,15,17,18);2-4H,5H2,1H3;3-5H,1-2H3;3H,1-2,6H2,(H,7,8,9);1H. The third-order valence-corrected chi connectivity index (χ3v) is 17.5. The molecule has 11 amide bonds. The SMILES string of the molecule is COC(=O)c1ccc(Br)cc1C.COC(=O)c1ccc(Br)cc1CBr.Cl.NC1CCC(=O)NC1=O.NCc1ccc2c(c1)CN(C1CCC(=O)NC1=O)C2=O.O=C1CCC(N2Cc3cc(Br)ccc3C2=O)C(=O)N1.[C-]#[N+]c1ccc2c(c1)CN(C1CCC(=O)NC1=O)C2=O. The van der Waals surface area contributed by atoms with Crippen LogP contribution in [-0.4, -0.2) is 130 Å². The zero-order valence-corrected chi connectivity index (χ0v) is 57.8. The summed E-state index contributed by atoms with van der Waals surface area (Å²) in [5.74, 6) is -3.72. The molecule has 4 atom stereocenters. The number of nitrogens with two attached hydrogens (primary N) is 2. The maximum absolute atomic E-state index is 12.4. The van der Waals surface area contributed by atoms with E-state index in [0.717, 1.165) is 46.8 Å². The number of esters is 2. The summed E-state index contributed by atoms with van der Waals surface area (Å²) in [6.45, 7) is 10.4. The largest absolute Gasteiger partial charge is 0.465 e. The number of nitrogens with one attached hydrogen (secondary N) is 4. The molecule has 4 saturated heterocycles. The number of carbonyl (C=O) groups excluding carboxylic acids is 13. The molecule has 0 spiro atoms. The van der Waals surface area contributed by atoms with Crippen LogP contribution in [0.25, 0.3) is 4.85 Å². The number of fused-ring (bicyclic) bond motifs is 3. The van der Waals surface area contributed by atoms with Crippen LogP contribution in [0.5, 0.6) is 0 Å². The quantitative estimate of drug-likeness (QED) is 0.0415. The molecule has 4 fully saturated rings. The lowest BCUT2D eigenvalue weighted by atomic mass is 10.0. The summed E-state index contributed by atoms with van der Waals surface area (Å²) in [5.41, 5.74) is 19.7. The number of hydrogen-bond donors (Lipinski definition) is 6. The summed E-state index contributed by atoms with van der Waals surface area (Å²) < 4.78 is 12.1. The minimum absolute atomic E-state index is 0. The van der Waals surface area contributed by atoms with Gasteiger partial charge in [0.05, 0.1) is 38.0 Å². The van der Waals surface area contributed by atoms with Gasteiger partial charge in [-0.05, 0) is 127 Å². The van der Waals surface area contributed by atoms with Crippen LogP contribution < -0.4 is 32.7 Å². The molecule has 0 aromatic heterocycles. The summed E-state index contributed by atoms with van der Waals surface area (Å²) in [5, 5.41) is 9.59. The van der Waals surface area contributed by atoms with Crippen molar-refractivity contribution in [1.29, 1.82) is 0 Å². The first-order chi connectivity index (χ1) is 44.3. The van der Waals surface area contributed by atoms with Crippen molar-refractivity contribution in [3.8, 4) is 0 Å². The van der Waals surface area contributed by atoms with Crippen molar-refractivity contribution in [2.24, 2.45) is 11.5 Å². The number of halogens is 5. The number of ether oxygens (including phenoxy) is 2. The molecule has 7 aliphatic rings. The van der Waals surface area contributed by atoms with Crippen LogP contribution in [0.15, 0.2) is 104 Å². The van der Waals surface area contributed by atoms with E-state index < -0.39 is 30.1 Å². The fraction of sp³-hybridized carbons (Fsp3) is 0.312. The first-order valence-electron chi connectivity index (χ1n) is 28.7. The normalized spacial score (nSPS) is 19.0. The number of methoxy groups -OCH3 is 2. The van der Waals surface area contributed by atoms with E-state index in [9.17, 15) is 62.3 Å². The lowest BCUT2D eigenvalue weighted by Gasteiger charge is -2.29. The van der Waals surface area contributed by atoms with Gasteiger partial charge in [-0.15, -0.1) is 12.4 Å². The van der Waals surface area contributed by atoms with Crippen molar-refractivity contribution in [1.82, 2.24) is 36.0 Å². The Morgan fingerprint density at radius 1 is 0.532 bits per heavy atom. The Hall–Kier alpha value is -8.37. The minimum atomic E-state index is -0.607. The average molecular weight is 1570 g/mol. The van der Waals surface area contributed by atoms with E-state index in [1.807, 2.05) is 55.5 Å². The van der Waals surface area contributed by atoms with Crippen molar-refractivity contribution >= 4 is 159 Å². The highest BCUT2D eigenvalue weighted by molar-refractivity contribution is 9.11. The Labute approximate surface area is 579 Å². The third kappa shape index (κ3) is 18.7. The monoisotopic (exact) mass is 1560 g/mol. The van der Waals surface area contributed by atoms with Crippen LogP contribution in [0.1, 0.15) is 137 Å². The van der Waals surface area contributed by atoms with Gasteiger partial charge in [-0.1, -0.05) is 94.1 Å². The number of hydrogen-bond acceptors (Lipinski definition) is 17. The second-order valence-electron chi connectivity index (χ2n) is 21.6. The molecule has 25 nitrogen and oxygen atoms in total. The van der Waals surface area contributed by atoms with Crippen molar-refractivity contribution in [2.45, 2.75) is 114 Å². The average Bonchev–Trinajstić information content (AvgIpc) is 1.65. The van der Waals surface area contributed by atoms with Crippen molar-refractivity contribution in [3.05, 3.63) is 177 Å². The fourth-order valence-corrected chi connectivity index (χ4v) is 12.3. The second-order valence-corrected chi connectivity index (χ2v) is 24.9. The zero-order chi connectivity index (χ0) is 68.0. The van der Waals surface area contributed by atoms with Crippen LogP contribution in [0.2, 0.25) is 0 Å². The molecule has 0 bridgehead atoms. The molecule has 0 saturated carbocycles. The van der Waals surface area contributed by atoms with Crippen molar-refractivity contribution < 1.29 is 71.8 Å². The third-order valence-electron chi connectivity index (χ3n) is 15.4. The molecular formula is C64H63Br4ClN10O15. The van der Waals surface area contributed by atoms with Crippen molar-refractivity contribution in [3.63, 3.8) is 0 Å². The number of piperidine rings is 4. The number of rotatable bonds is 7. The maximum atomic E-state index is 12.4. The molecule has 8 N–H and O–H groups in total. The molecule has 5 aromatic carbocycles. The number of carbonyl (C=O) groups is 13. The second kappa shape index (κ2) is 34.2. The number of aryl methyl sites for hydroxylation is 1. The van der Waals surface area contributed by atoms with E-state index in [1.54, 1.807) is 47.4 Å². The van der Waals surface area contributed by atoms with Crippen LogP contribution in [0.4, 0.5) is 5.69 Å². The molecule has 5 aromatic rings. The summed E-state index contributed by atoms with van der Waals surface area (Å²) in [7, 11) is 2.76. The summed E-state index contributed by atoms with van der Waals surface area (Å²) in [6.07, 6.45) is 2.76. The lowest BCUT2D eigenvalue weighted by Crippen LogP contribution is -2.52. The van der Waals surface area contributed by atoms with Gasteiger partial charge in [0.1, 0.15) is 18.1 Å².